The summed E-state index contributed by atoms with van der Waals surface area (Å²) >= 11 is 3.16. The summed E-state index contributed by atoms with van der Waals surface area (Å²) in [5.41, 5.74) is 3.38. The van der Waals surface area contributed by atoms with Crippen molar-refractivity contribution in [2.24, 2.45) is 0 Å². The molecule has 0 spiro atoms. The van der Waals surface area contributed by atoms with E-state index < -0.39 is 0 Å². The van der Waals surface area contributed by atoms with Crippen LogP contribution in [0.15, 0.2) is 46.9 Å². The Labute approximate surface area is 134 Å². The van der Waals surface area contributed by atoms with Gasteiger partial charge in [-0.3, -0.25) is 0 Å². The minimum Gasteiger partial charge on any atom is -0.381 e. The third-order valence-corrected chi connectivity index (χ3v) is 4.15. The lowest BCUT2D eigenvalue weighted by atomic mass is 10.1. The predicted molar refractivity (Wildman–Crippen MR) is 91.1 cm³/mol. The van der Waals surface area contributed by atoms with Crippen LogP contribution in [0.1, 0.15) is 37.3 Å². The summed E-state index contributed by atoms with van der Waals surface area (Å²) in [6, 6.07) is 13.7. The highest BCUT2D eigenvalue weighted by atomic mass is 79.9. The average molecular weight is 350 g/mol. The Bertz CT molecular complexity index is 566. The van der Waals surface area contributed by atoms with Gasteiger partial charge in [0.2, 0.25) is 0 Å². The number of anilines is 1. The molecule has 3 heteroatoms. The Hall–Kier alpha value is -1.35. The maximum atomic E-state index is 13.4. The van der Waals surface area contributed by atoms with Crippen molar-refractivity contribution in [1.82, 2.24) is 0 Å². The van der Waals surface area contributed by atoms with Crippen molar-refractivity contribution in [3.05, 3.63) is 63.9 Å². The lowest BCUT2D eigenvalue weighted by molar-refractivity contribution is 0.619. The van der Waals surface area contributed by atoms with E-state index in [4.69, 9.17) is 0 Å². The Morgan fingerprint density at radius 3 is 2.38 bits per heavy atom. The smallest absolute Gasteiger partial charge is 0.137 e. The molecule has 0 aliphatic rings. The summed E-state index contributed by atoms with van der Waals surface area (Å²) in [6.45, 7) is 2.84. The van der Waals surface area contributed by atoms with E-state index in [2.05, 4.69) is 52.4 Å². The SMILES string of the molecule is CCCCCc1ccc(NCc2ccc(Br)c(F)c2)cc1. The van der Waals surface area contributed by atoms with E-state index in [0.29, 0.717) is 11.0 Å². The van der Waals surface area contributed by atoms with Crippen LogP contribution in [0.3, 0.4) is 0 Å². The quantitative estimate of drug-likeness (QED) is 0.610. The zero-order valence-electron chi connectivity index (χ0n) is 12.3. The van der Waals surface area contributed by atoms with Crippen LogP contribution in [0.25, 0.3) is 0 Å². The van der Waals surface area contributed by atoms with Crippen molar-refractivity contribution in [3.63, 3.8) is 0 Å². The Morgan fingerprint density at radius 2 is 1.71 bits per heavy atom. The Morgan fingerprint density at radius 1 is 1.00 bits per heavy atom. The number of hydrogen-bond acceptors (Lipinski definition) is 1. The zero-order chi connectivity index (χ0) is 15.1. The predicted octanol–water partition coefficient (Wildman–Crippen LogP) is 5.93. The van der Waals surface area contributed by atoms with Gasteiger partial charge in [-0.1, -0.05) is 38.0 Å². The fourth-order valence-corrected chi connectivity index (χ4v) is 2.47. The van der Waals surface area contributed by atoms with E-state index in [1.807, 2.05) is 6.07 Å². The van der Waals surface area contributed by atoms with Crippen molar-refractivity contribution < 1.29 is 4.39 Å². The van der Waals surface area contributed by atoms with Gasteiger partial charge >= 0.3 is 0 Å². The van der Waals surface area contributed by atoms with Gasteiger partial charge in [0.1, 0.15) is 5.82 Å². The van der Waals surface area contributed by atoms with Crippen molar-refractivity contribution in [3.8, 4) is 0 Å². The summed E-state index contributed by atoms with van der Waals surface area (Å²) in [4.78, 5) is 0. The monoisotopic (exact) mass is 349 g/mol. The maximum Gasteiger partial charge on any atom is 0.137 e. The highest BCUT2D eigenvalue weighted by molar-refractivity contribution is 9.10. The molecular formula is C18H21BrFN. The van der Waals surface area contributed by atoms with Gasteiger partial charge in [0.25, 0.3) is 0 Å². The van der Waals surface area contributed by atoms with Crippen molar-refractivity contribution in [2.75, 3.05) is 5.32 Å². The molecule has 0 bridgehead atoms. The lowest BCUT2D eigenvalue weighted by Gasteiger charge is -2.08. The molecule has 1 N–H and O–H groups in total. The molecule has 0 heterocycles. The molecule has 0 saturated heterocycles. The van der Waals surface area contributed by atoms with E-state index in [0.717, 1.165) is 17.7 Å². The second-order valence-corrected chi connectivity index (χ2v) is 6.11. The molecule has 0 aromatic heterocycles. The van der Waals surface area contributed by atoms with E-state index in [1.54, 1.807) is 12.1 Å². The van der Waals surface area contributed by atoms with Crippen LogP contribution in [-0.4, -0.2) is 0 Å². The number of nitrogens with one attached hydrogen (secondary N) is 1. The third kappa shape index (κ3) is 5.16. The van der Waals surface area contributed by atoms with Crippen LogP contribution in [0.2, 0.25) is 0 Å². The zero-order valence-corrected chi connectivity index (χ0v) is 13.9. The first-order valence-corrected chi connectivity index (χ1v) is 8.25. The highest BCUT2D eigenvalue weighted by Gasteiger charge is 2.01. The van der Waals surface area contributed by atoms with E-state index in [-0.39, 0.29) is 5.82 Å². The van der Waals surface area contributed by atoms with Crippen molar-refractivity contribution in [1.29, 1.82) is 0 Å². The van der Waals surface area contributed by atoms with Gasteiger partial charge in [-0.25, -0.2) is 4.39 Å². The molecule has 2 aromatic rings. The summed E-state index contributed by atoms with van der Waals surface area (Å²) in [7, 11) is 0. The fraction of sp³-hybridized carbons (Fsp3) is 0.333. The molecule has 2 aromatic carbocycles. The van der Waals surface area contributed by atoms with E-state index >= 15 is 0 Å². The Balaban J connectivity index is 1.86. The minimum atomic E-state index is -0.222. The fourth-order valence-electron chi connectivity index (χ4n) is 2.22. The molecule has 21 heavy (non-hydrogen) atoms. The molecule has 0 aliphatic heterocycles. The summed E-state index contributed by atoms with van der Waals surface area (Å²) in [6.07, 6.45) is 4.94. The van der Waals surface area contributed by atoms with E-state index in [9.17, 15) is 4.39 Å². The van der Waals surface area contributed by atoms with Gasteiger partial charge in [-0.15, -0.1) is 0 Å². The standard InChI is InChI=1S/C18H21BrFN/c1-2-3-4-5-14-6-9-16(10-7-14)21-13-15-8-11-17(19)18(20)12-15/h6-12,21H,2-5,13H2,1H3. The van der Waals surface area contributed by atoms with Gasteiger partial charge in [0, 0.05) is 12.2 Å². The van der Waals surface area contributed by atoms with Gasteiger partial charge < -0.3 is 5.32 Å². The third-order valence-electron chi connectivity index (χ3n) is 3.50. The first-order valence-electron chi connectivity index (χ1n) is 7.46. The van der Waals surface area contributed by atoms with Gasteiger partial charge in [0.05, 0.1) is 4.47 Å². The molecule has 0 radical (unpaired) electrons. The lowest BCUT2D eigenvalue weighted by Crippen LogP contribution is -2.00. The van der Waals surface area contributed by atoms with Crippen LogP contribution >= 0.6 is 15.9 Å². The van der Waals surface area contributed by atoms with Crippen molar-refractivity contribution >= 4 is 21.6 Å². The largest absolute Gasteiger partial charge is 0.381 e. The van der Waals surface area contributed by atoms with Crippen LogP contribution in [0.4, 0.5) is 10.1 Å². The number of aryl methyl sites for hydroxylation is 1. The van der Waals surface area contributed by atoms with Gasteiger partial charge in [0.15, 0.2) is 0 Å². The van der Waals surface area contributed by atoms with Crippen molar-refractivity contribution in [2.45, 2.75) is 39.2 Å². The molecule has 2 rings (SSSR count). The maximum absolute atomic E-state index is 13.4. The first-order chi connectivity index (χ1) is 10.2. The minimum absolute atomic E-state index is 0.222. The summed E-state index contributed by atoms with van der Waals surface area (Å²) < 4.78 is 13.9. The highest BCUT2D eigenvalue weighted by Crippen LogP contribution is 2.18. The van der Waals surface area contributed by atoms with Gasteiger partial charge in [-0.2, -0.15) is 0 Å². The molecule has 0 atom stereocenters. The van der Waals surface area contributed by atoms with Crippen LogP contribution in [0, 0.1) is 5.82 Å². The molecule has 0 aliphatic carbocycles. The molecule has 1 nitrogen and oxygen atoms in total. The summed E-state index contributed by atoms with van der Waals surface area (Å²) in [5.74, 6) is -0.222. The first kappa shape index (κ1) is 16.0. The van der Waals surface area contributed by atoms with Crippen LogP contribution in [0.5, 0.6) is 0 Å². The number of halogens is 2. The molecule has 0 unspecified atom stereocenters. The normalized spacial score (nSPS) is 10.6. The summed E-state index contributed by atoms with van der Waals surface area (Å²) in [5, 5.41) is 3.32. The molecule has 0 saturated carbocycles. The second-order valence-electron chi connectivity index (χ2n) is 5.26. The number of hydrogen-bond donors (Lipinski definition) is 1. The van der Waals surface area contributed by atoms with Crippen LogP contribution in [-0.2, 0) is 13.0 Å². The molecule has 112 valence electrons. The second kappa shape index (κ2) is 8.18. The topological polar surface area (TPSA) is 12.0 Å². The molecule has 0 fully saturated rings. The van der Waals surface area contributed by atoms with E-state index in [1.165, 1.54) is 24.8 Å². The molecule has 0 amide bonds. The molecular weight excluding hydrogens is 329 g/mol. The van der Waals surface area contributed by atoms with Crippen LogP contribution < -0.4 is 5.32 Å². The Kier molecular flexibility index (Phi) is 6.24. The van der Waals surface area contributed by atoms with Gasteiger partial charge in [-0.05, 0) is 64.2 Å². The number of rotatable bonds is 7. The average Bonchev–Trinajstić information content (AvgIpc) is 2.50. The number of benzene rings is 2. The number of unbranched alkanes of at least 4 members (excludes halogenated alkanes) is 2.